The monoisotopic (exact) mass is 413 g/mol. The highest BCUT2D eigenvalue weighted by molar-refractivity contribution is 7.89. The van der Waals surface area contributed by atoms with Gasteiger partial charge in [0.1, 0.15) is 18.5 Å². The van der Waals surface area contributed by atoms with Gasteiger partial charge in [-0.15, -0.1) is 0 Å². The number of sulfonamides is 1. The number of ether oxygens (including phenoxy) is 2. The van der Waals surface area contributed by atoms with Crippen molar-refractivity contribution in [2.24, 2.45) is 7.05 Å². The van der Waals surface area contributed by atoms with E-state index in [-0.39, 0.29) is 37.1 Å². The zero-order valence-corrected chi connectivity index (χ0v) is 16.5. The van der Waals surface area contributed by atoms with Crippen molar-refractivity contribution in [3.63, 3.8) is 0 Å². The van der Waals surface area contributed by atoms with Gasteiger partial charge >= 0.3 is 0 Å². The van der Waals surface area contributed by atoms with E-state index in [2.05, 4.69) is 4.98 Å². The predicted octanol–water partition coefficient (Wildman–Crippen LogP) is 1.74. The van der Waals surface area contributed by atoms with E-state index in [1.165, 1.54) is 23.8 Å². The first-order valence-corrected chi connectivity index (χ1v) is 10.1. The molecule has 2 aromatic rings. The second kappa shape index (κ2) is 7.97. The van der Waals surface area contributed by atoms with Crippen LogP contribution in [0.3, 0.4) is 0 Å². The van der Waals surface area contributed by atoms with Crippen molar-refractivity contribution in [1.29, 1.82) is 0 Å². The molecular weight excluding hydrogens is 394 g/mol. The van der Waals surface area contributed by atoms with E-state index in [4.69, 9.17) is 21.1 Å². The minimum atomic E-state index is -3.69. The molecular formula is C17H20ClN3O5S. The van der Waals surface area contributed by atoms with Crippen molar-refractivity contribution < 1.29 is 22.7 Å². The molecule has 0 amide bonds. The molecule has 146 valence electrons. The van der Waals surface area contributed by atoms with E-state index in [1.807, 2.05) is 0 Å². The summed E-state index contributed by atoms with van der Waals surface area (Å²) in [5.74, 6) is 0.219. The summed E-state index contributed by atoms with van der Waals surface area (Å²) < 4.78 is 39.6. The molecule has 0 saturated carbocycles. The van der Waals surface area contributed by atoms with Crippen molar-refractivity contribution in [1.82, 2.24) is 13.9 Å². The number of aryl methyl sites for hydroxylation is 1. The van der Waals surface area contributed by atoms with E-state index in [1.54, 1.807) is 29.8 Å². The fourth-order valence-corrected chi connectivity index (χ4v) is 4.35. The Morgan fingerprint density at radius 2 is 2.22 bits per heavy atom. The third-order valence-corrected chi connectivity index (χ3v) is 6.12. The number of aromatic nitrogens is 2. The van der Waals surface area contributed by atoms with Crippen LogP contribution in [-0.4, -0.2) is 60.5 Å². The van der Waals surface area contributed by atoms with Gasteiger partial charge in [0.15, 0.2) is 10.8 Å². The van der Waals surface area contributed by atoms with E-state index < -0.39 is 16.1 Å². The number of carbonyl (C=O) groups is 1. The summed E-state index contributed by atoms with van der Waals surface area (Å²) in [5.41, 5.74) is 0.372. The molecule has 8 nitrogen and oxygen atoms in total. The fraction of sp³-hybridized carbons (Fsp3) is 0.412. The van der Waals surface area contributed by atoms with E-state index in [0.717, 1.165) is 0 Å². The fourth-order valence-electron chi connectivity index (χ4n) is 2.75. The van der Waals surface area contributed by atoms with Gasteiger partial charge in [-0.05, 0) is 25.1 Å². The lowest BCUT2D eigenvalue weighted by Gasteiger charge is -2.31. The molecule has 0 aliphatic carbocycles. The molecule has 3 rings (SSSR count). The lowest BCUT2D eigenvalue weighted by molar-refractivity contribution is -0.0250. The van der Waals surface area contributed by atoms with Crippen LogP contribution in [0.1, 0.15) is 17.3 Å². The van der Waals surface area contributed by atoms with Crippen LogP contribution in [0.5, 0.6) is 5.75 Å². The Bertz CT molecular complexity index is 944. The summed E-state index contributed by atoms with van der Waals surface area (Å²) in [5, 5.41) is 0.442. The van der Waals surface area contributed by atoms with Crippen LogP contribution >= 0.6 is 11.6 Å². The smallest absolute Gasteiger partial charge is 0.262 e. The SMILES string of the molecule is CC(=O)c1cc(Cl)ccc1OCC1CN(S(=O)(=O)c2cn(C)cn2)CCO1. The van der Waals surface area contributed by atoms with Crippen LogP contribution in [0.4, 0.5) is 0 Å². The molecule has 1 fully saturated rings. The van der Waals surface area contributed by atoms with Gasteiger partial charge in [0.25, 0.3) is 10.0 Å². The van der Waals surface area contributed by atoms with Gasteiger partial charge in [0, 0.05) is 31.4 Å². The Morgan fingerprint density at radius 3 is 2.89 bits per heavy atom. The van der Waals surface area contributed by atoms with Crippen molar-refractivity contribution in [2.45, 2.75) is 18.1 Å². The first kappa shape index (κ1) is 19.8. The lowest BCUT2D eigenvalue weighted by atomic mass is 10.1. The molecule has 1 aliphatic heterocycles. The van der Waals surface area contributed by atoms with Gasteiger partial charge in [-0.3, -0.25) is 4.79 Å². The standard InChI is InChI=1S/C17H20ClN3O5S/c1-12(22)15-7-13(18)3-4-16(15)26-10-14-8-21(5-6-25-14)27(23,24)17-9-20(2)11-19-17/h3-4,7,9,11,14H,5-6,8,10H2,1-2H3. The Kier molecular flexibility index (Phi) is 5.85. The Labute approximate surface area is 162 Å². The van der Waals surface area contributed by atoms with E-state index in [9.17, 15) is 13.2 Å². The third-order valence-electron chi connectivity index (χ3n) is 4.13. The van der Waals surface area contributed by atoms with Gasteiger partial charge in [0.05, 0.1) is 18.5 Å². The molecule has 27 heavy (non-hydrogen) atoms. The average molecular weight is 414 g/mol. The maximum Gasteiger partial charge on any atom is 0.262 e. The van der Waals surface area contributed by atoms with Gasteiger partial charge in [-0.1, -0.05) is 11.6 Å². The number of nitrogens with zero attached hydrogens (tertiary/aromatic N) is 3. The summed E-state index contributed by atoms with van der Waals surface area (Å²) in [7, 11) is -1.98. The van der Waals surface area contributed by atoms with E-state index in [0.29, 0.717) is 16.3 Å². The summed E-state index contributed by atoms with van der Waals surface area (Å²) in [6, 6.07) is 4.78. The molecule has 2 heterocycles. The van der Waals surface area contributed by atoms with Crippen LogP contribution in [0, 0.1) is 0 Å². The number of halogens is 1. The normalized spacial score (nSPS) is 18.4. The summed E-state index contributed by atoms with van der Waals surface area (Å²) in [6.07, 6.45) is 2.44. The Morgan fingerprint density at radius 1 is 1.44 bits per heavy atom. The topological polar surface area (TPSA) is 90.7 Å². The Hall–Kier alpha value is -1.94. The minimum Gasteiger partial charge on any atom is -0.490 e. The second-order valence-corrected chi connectivity index (χ2v) is 8.56. The zero-order chi connectivity index (χ0) is 19.6. The second-order valence-electron chi connectivity index (χ2n) is 6.24. The number of Topliss-reactive ketones (excluding diaryl/α,β-unsaturated/α-hetero) is 1. The van der Waals surface area contributed by atoms with Gasteiger partial charge in [-0.2, -0.15) is 4.31 Å². The van der Waals surface area contributed by atoms with Crippen molar-refractivity contribution in [3.8, 4) is 5.75 Å². The molecule has 0 N–H and O–H groups in total. The predicted molar refractivity (Wildman–Crippen MR) is 98.7 cm³/mol. The largest absolute Gasteiger partial charge is 0.490 e. The molecule has 10 heteroatoms. The summed E-state index contributed by atoms with van der Waals surface area (Å²) in [4.78, 5) is 15.7. The number of morpholine rings is 1. The van der Waals surface area contributed by atoms with Crippen molar-refractivity contribution in [3.05, 3.63) is 41.3 Å². The highest BCUT2D eigenvalue weighted by Gasteiger charge is 2.32. The van der Waals surface area contributed by atoms with E-state index >= 15 is 0 Å². The number of ketones is 1. The van der Waals surface area contributed by atoms with Crippen LogP contribution in [0.15, 0.2) is 35.7 Å². The number of hydrogen-bond acceptors (Lipinski definition) is 6. The molecule has 0 bridgehead atoms. The highest BCUT2D eigenvalue weighted by Crippen LogP contribution is 2.24. The number of carbonyl (C=O) groups excluding carboxylic acids is 1. The summed E-state index contributed by atoms with van der Waals surface area (Å²) >= 11 is 5.93. The van der Waals surface area contributed by atoms with Crippen LogP contribution in [0.25, 0.3) is 0 Å². The Balaban J connectivity index is 1.68. The zero-order valence-electron chi connectivity index (χ0n) is 15.0. The molecule has 1 unspecified atom stereocenters. The summed E-state index contributed by atoms with van der Waals surface area (Å²) in [6.45, 7) is 2.17. The third kappa shape index (κ3) is 4.49. The van der Waals surface area contributed by atoms with Crippen LogP contribution < -0.4 is 4.74 Å². The number of rotatable bonds is 6. The first-order valence-electron chi connectivity index (χ1n) is 8.30. The van der Waals surface area contributed by atoms with Gasteiger partial charge in [-0.25, -0.2) is 13.4 Å². The quantitative estimate of drug-likeness (QED) is 0.670. The maximum atomic E-state index is 12.7. The molecule has 0 radical (unpaired) electrons. The van der Waals surface area contributed by atoms with Crippen LogP contribution in [-0.2, 0) is 21.8 Å². The molecule has 1 saturated heterocycles. The molecule has 1 aromatic carbocycles. The average Bonchev–Trinajstić information content (AvgIpc) is 3.08. The highest BCUT2D eigenvalue weighted by atomic mass is 35.5. The van der Waals surface area contributed by atoms with Crippen molar-refractivity contribution >= 4 is 27.4 Å². The number of benzene rings is 1. The number of imidazole rings is 1. The van der Waals surface area contributed by atoms with Crippen LogP contribution in [0.2, 0.25) is 5.02 Å². The minimum absolute atomic E-state index is 0.00290. The van der Waals surface area contributed by atoms with Crippen molar-refractivity contribution in [2.75, 3.05) is 26.3 Å². The molecule has 1 aromatic heterocycles. The molecule has 1 aliphatic rings. The lowest BCUT2D eigenvalue weighted by Crippen LogP contribution is -2.47. The molecule has 1 atom stereocenters. The van der Waals surface area contributed by atoms with Gasteiger partial charge in [0.2, 0.25) is 0 Å². The maximum absolute atomic E-state index is 12.7. The number of hydrogen-bond donors (Lipinski definition) is 0. The first-order chi connectivity index (χ1) is 12.8. The van der Waals surface area contributed by atoms with Gasteiger partial charge < -0.3 is 14.0 Å². The molecule has 0 spiro atoms.